The van der Waals surface area contributed by atoms with Gasteiger partial charge in [-0.25, -0.2) is 0 Å². The highest BCUT2D eigenvalue weighted by Crippen LogP contribution is 2.37. The minimum Gasteiger partial charge on any atom is -0.500 e. The van der Waals surface area contributed by atoms with Crippen LogP contribution in [0.5, 0.6) is 11.5 Å². The van der Waals surface area contributed by atoms with Crippen molar-refractivity contribution in [1.29, 1.82) is 5.26 Å². The first kappa shape index (κ1) is 20.4. The SMILES string of the molecule is COc1cc(/C=C(/C#N)C(=O)NCCc2c[nH]c3ccccc23)cc([N+](=O)[O-])c1O. The number of phenolic OH excluding ortho intramolecular Hbond substituents is 1. The van der Waals surface area contributed by atoms with Crippen LogP contribution in [-0.4, -0.2) is 34.6 Å². The van der Waals surface area contributed by atoms with Crippen LogP contribution in [0, 0.1) is 21.4 Å². The second-order valence-electron chi connectivity index (χ2n) is 6.38. The van der Waals surface area contributed by atoms with E-state index in [1.807, 2.05) is 30.5 Å². The third-order valence-corrected chi connectivity index (χ3v) is 4.52. The van der Waals surface area contributed by atoms with E-state index < -0.39 is 22.3 Å². The number of amides is 1. The van der Waals surface area contributed by atoms with Crippen LogP contribution in [0.3, 0.4) is 0 Å². The van der Waals surface area contributed by atoms with Gasteiger partial charge in [0, 0.05) is 29.7 Å². The molecule has 0 bridgehead atoms. The summed E-state index contributed by atoms with van der Waals surface area (Å²) in [5.41, 5.74) is 1.40. The number of fused-ring (bicyclic) bond motifs is 1. The van der Waals surface area contributed by atoms with Crippen molar-refractivity contribution in [3.8, 4) is 17.6 Å². The fourth-order valence-corrected chi connectivity index (χ4v) is 3.05. The van der Waals surface area contributed by atoms with Gasteiger partial charge in [0.15, 0.2) is 5.75 Å². The van der Waals surface area contributed by atoms with Crippen LogP contribution in [0.2, 0.25) is 0 Å². The Morgan fingerprint density at radius 1 is 1.40 bits per heavy atom. The van der Waals surface area contributed by atoms with Gasteiger partial charge in [-0.3, -0.25) is 14.9 Å². The maximum absolute atomic E-state index is 12.4. The summed E-state index contributed by atoms with van der Waals surface area (Å²) < 4.78 is 4.92. The number of aromatic amines is 1. The maximum atomic E-state index is 12.4. The highest BCUT2D eigenvalue weighted by atomic mass is 16.6. The van der Waals surface area contributed by atoms with Crippen molar-refractivity contribution in [1.82, 2.24) is 10.3 Å². The largest absolute Gasteiger partial charge is 0.500 e. The van der Waals surface area contributed by atoms with Gasteiger partial charge in [0.2, 0.25) is 5.75 Å². The Hall–Kier alpha value is -4.32. The topological polar surface area (TPSA) is 141 Å². The number of nitro groups is 1. The number of H-pyrrole nitrogens is 1. The third kappa shape index (κ3) is 4.23. The molecule has 0 saturated heterocycles. The smallest absolute Gasteiger partial charge is 0.315 e. The molecule has 0 atom stereocenters. The van der Waals surface area contributed by atoms with E-state index in [9.17, 15) is 25.3 Å². The fraction of sp³-hybridized carbons (Fsp3) is 0.143. The Morgan fingerprint density at radius 2 is 2.17 bits per heavy atom. The van der Waals surface area contributed by atoms with Crippen LogP contribution in [0.1, 0.15) is 11.1 Å². The van der Waals surface area contributed by atoms with Crippen LogP contribution in [-0.2, 0) is 11.2 Å². The van der Waals surface area contributed by atoms with E-state index in [1.165, 1.54) is 19.3 Å². The molecule has 30 heavy (non-hydrogen) atoms. The van der Waals surface area contributed by atoms with Crippen LogP contribution in [0.15, 0.2) is 48.2 Å². The van der Waals surface area contributed by atoms with E-state index in [4.69, 9.17) is 4.74 Å². The molecule has 2 aromatic carbocycles. The van der Waals surface area contributed by atoms with Gasteiger partial charge in [0.25, 0.3) is 5.91 Å². The number of nitro benzene ring substituents is 1. The van der Waals surface area contributed by atoms with Gasteiger partial charge < -0.3 is 20.1 Å². The third-order valence-electron chi connectivity index (χ3n) is 4.52. The number of aromatic nitrogens is 1. The summed E-state index contributed by atoms with van der Waals surface area (Å²) in [5, 5.41) is 34.0. The molecule has 0 saturated carbocycles. The van der Waals surface area contributed by atoms with Crippen molar-refractivity contribution >= 4 is 28.6 Å². The lowest BCUT2D eigenvalue weighted by Crippen LogP contribution is -2.26. The molecule has 9 heteroatoms. The Bertz CT molecular complexity index is 1190. The quantitative estimate of drug-likeness (QED) is 0.238. The zero-order valence-electron chi connectivity index (χ0n) is 16.0. The van der Waals surface area contributed by atoms with Gasteiger partial charge in [-0.05, 0) is 35.8 Å². The molecule has 1 aromatic heterocycles. The van der Waals surface area contributed by atoms with E-state index in [2.05, 4.69) is 10.3 Å². The first-order valence-corrected chi connectivity index (χ1v) is 8.95. The zero-order chi connectivity index (χ0) is 21.7. The van der Waals surface area contributed by atoms with Crippen molar-refractivity contribution in [3.05, 3.63) is 69.4 Å². The van der Waals surface area contributed by atoms with Crippen molar-refractivity contribution in [2.24, 2.45) is 0 Å². The molecule has 152 valence electrons. The summed E-state index contributed by atoms with van der Waals surface area (Å²) in [7, 11) is 1.24. The summed E-state index contributed by atoms with van der Waals surface area (Å²) in [4.78, 5) is 25.9. The first-order valence-electron chi connectivity index (χ1n) is 8.95. The van der Waals surface area contributed by atoms with Crippen molar-refractivity contribution < 1.29 is 19.6 Å². The number of nitrogens with one attached hydrogen (secondary N) is 2. The number of hydrogen-bond acceptors (Lipinski definition) is 6. The lowest BCUT2D eigenvalue weighted by atomic mass is 10.1. The van der Waals surface area contributed by atoms with E-state index in [0.717, 1.165) is 22.5 Å². The Labute approximate surface area is 171 Å². The molecule has 3 N–H and O–H groups in total. The molecule has 0 aliphatic rings. The number of ether oxygens (including phenoxy) is 1. The van der Waals surface area contributed by atoms with Crippen LogP contribution in [0.4, 0.5) is 5.69 Å². The molecule has 3 rings (SSSR count). The molecule has 0 spiro atoms. The number of aromatic hydroxyl groups is 1. The molecular formula is C21H18N4O5. The van der Waals surface area contributed by atoms with Crippen molar-refractivity contribution in [3.63, 3.8) is 0 Å². The normalized spacial score (nSPS) is 11.1. The van der Waals surface area contributed by atoms with Crippen molar-refractivity contribution in [2.45, 2.75) is 6.42 Å². The van der Waals surface area contributed by atoms with E-state index >= 15 is 0 Å². The maximum Gasteiger partial charge on any atom is 0.315 e. The number of methoxy groups -OCH3 is 1. The fourth-order valence-electron chi connectivity index (χ4n) is 3.05. The summed E-state index contributed by atoms with van der Waals surface area (Å²) in [6.45, 7) is 0.304. The molecule has 0 unspecified atom stereocenters. The molecule has 9 nitrogen and oxygen atoms in total. The summed E-state index contributed by atoms with van der Waals surface area (Å²) in [6.07, 6.45) is 3.64. The molecule has 0 aliphatic heterocycles. The lowest BCUT2D eigenvalue weighted by Gasteiger charge is -2.07. The molecule has 0 aliphatic carbocycles. The molecule has 1 amide bonds. The number of para-hydroxylation sites is 1. The van der Waals surface area contributed by atoms with Gasteiger partial charge in [0.05, 0.1) is 12.0 Å². The number of phenols is 1. The minimum atomic E-state index is -0.775. The van der Waals surface area contributed by atoms with Gasteiger partial charge in [0.1, 0.15) is 11.6 Å². The average molecular weight is 406 g/mol. The number of hydrogen-bond donors (Lipinski definition) is 3. The minimum absolute atomic E-state index is 0.132. The van der Waals surface area contributed by atoms with Crippen LogP contribution >= 0.6 is 0 Å². The molecular weight excluding hydrogens is 388 g/mol. The average Bonchev–Trinajstić information content (AvgIpc) is 3.15. The van der Waals surface area contributed by atoms with Gasteiger partial charge >= 0.3 is 5.69 Å². The Balaban J connectivity index is 1.74. The number of rotatable bonds is 7. The van der Waals surface area contributed by atoms with E-state index in [1.54, 1.807) is 6.07 Å². The second-order valence-corrected chi connectivity index (χ2v) is 6.38. The predicted octanol–water partition coefficient (Wildman–Crippen LogP) is 3.06. The number of nitriles is 1. The standard InChI is InChI=1S/C21H18N4O5/c1-30-19-10-13(9-18(20(19)26)25(28)29)8-15(11-22)21(27)23-7-6-14-12-24-17-5-3-2-4-16(14)17/h2-5,8-10,12,24,26H,6-7H2,1H3,(H,23,27)/b15-8-. The number of nitrogens with zero attached hydrogens (tertiary/aromatic N) is 2. The summed E-state index contributed by atoms with van der Waals surface area (Å²) >= 11 is 0. The van der Waals surface area contributed by atoms with Crippen LogP contribution < -0.4 is 10.1 Å². The van der Waals surface area contributed by atoms with Crippen molar-refractivity contribution in [2.75, 3.05) is 13.7 Å². The number of carbonyl (C=O) groups is 1. The number of benzene rings is 2. The Morgan fingerprint density at radius 3 is 2.87 bits per heavy atom. The Kier molecular flexibility index (Phi) is 5.98. The summed E-state index contributed by atoms with van der Waals surface area (Å²) in [6, 6.07) is 12.0. The second kappa shape index (κ2) is 8.79. The van der Waals surface area contributed by atoms with Gasteiger partial charge in [-0.1, -0.05) is 18.2 Å². The highest BCUT2D eigenvalue weighted by Gasteiger charge is 2.20. The highest BCUT2D eigenvalue weighted by molar-refractivity contribution is 6.01. The first-order chi connectivity index (χ1) is 14.4. The zero-order valence-corrected chi connectivity index (χ0v) is 16.0. The van der Waals surface area contributed by atoms with Gasteiger partial charge in [-0.2, -0.15) is 5.26 Å². The lowest BCUT2D eigenvalue weighted by molar-refractivity contribution is -0.386. The molecule has 3 aromatic rings. The molecule has 0 radical (unpaired) electrons. The molecule has 0 fully saturated rings. The molecule has 1 heterocycles. The van der Waals surface area contributed by atoms with Gasteiger partial charge in [-0.15, -0.1) is 0 Å². The van der Waals surface area contributed by atoms with E-state index in [0.29, 0.717) is 13.0 Å². The predicted molar refractivity (Wildman–Crippen MR) is 110 cm³/mol. The summed E-state index contributed by atoms with van der Waals surface area (Å²) in [5.74, 6) is -1.36. The monoisotopic (exact) mass is 406 g/mol. The van der Waals surface area contributed by atoms with E-state index in [-0.39, 0.29) is 16.9 Å². The number of carbonyl (C=O) groups excluding carboxylic acids is 1. The van der Waals surface area contributed by atoms with Crippen LogP contribution in [0.25, 0.3) is 17.0 Å².